The summed E-state index contributed by atoms with van der Waals surface area (Å²) in [7, 11) is 3.79. The Balaban J connectivity index is 2.69. The van der Waals surface area contributed by atoms with Crippen molar-refractivity contribution in [2.45, 2.75) is 26.5 Å². The lowest BCUT2D eigenvalue weighted by atomic mass is 10.1. The average Bonchev–Trinajstić information content (AvgIpc) is 2.38. The van der Waals surface area contributed by atoms with Gasteiger partial charge in [-0.1, -0.05) is 0 Å². The number of nitrogens with one attached hydrogen (secondary N) is 1. The van der Waals surface area contributed by atoms with Gasteiger partial charge in [0, 0.05) is 38.0 Å². The van der Waals surface area contributed by atoms with E-state index in [1.807, 2.05) is 27.9 Å². The number of likely N-dealkylation sites (N-methyl/N-ethyl adjacent to an activating group) is 1. The molecule has 0 radical (unpaired) electrons. The monoisotopic (exact) mass is 281 g/mol. The number of ether oxygens (including phenoxy) is 1. The second kappa shape index (κ2) is 7.81. The first-order valence-electron chi connectivity index (χ1n) is 6.69. The van der Waals surface area contributed by atoms with Gasteiger partial charge >= 0.3 is 0 Å². The highest BCUT2D eigenvalue weighted by molar-refractivity contribution is 5.55. The van der Waals surface area contributed by atoms with Gasteiger partial charge in [-0.3, -0.25) is 15.0 Å². The van der Waals surface area contributed by atoms with E-state index in [0.717, 1.165) is 17.8 Å². The van der Waals surface area contributed by atoms with Crippen molar-refractivity contribution < 1.29 is 9.66 Å². The number of anilines is 1. The van der Waals surface area contributed by atoms with Crippen LogP contribution in [-0.4, -0.2) is 43.2 Å². The van der Waals surface area contributed by atoms with E-state index in [1.165, 1.54) is 6.07 Å². The Bertz CT molecular complexity index is 449. The quantitative estimate of drug-likeness (QED) is 0.585. The third kappa shape index (κ3) is 5.14. The molecule has 0 aliphatic rings. The molecule has 0 spiro atoms. The first-order chi connectivity index (χ1) is 9.43. The second-order valence-corrected chi connectivity index (χ2v) is 5.01. The molecule has 0 heterocycles. The zero-order valence-electron chi connectivity index (χ0n) is 12.5. The molecule has 6 nitrogen and oxygen atoms in total. The van der Waals surface area contributed by atoms with Crippen molar-refractivity contribution in [3.05, 3.63) is 33.9 Å². The summed E-state index contributed by atoms with van der Waals surface area (Å²) in [6.45, 7) is 6.07. The van der Waals surface area contributed by atoms with Crippen LogP contribution in [-0.2, 0) is 11.3 Å². The number of nitro groups is 1. The first kappa shape index (κ1) is 16.4. The minimum Gasteiger partial charge on any atom is -0.388 e. The molecule has 0 fully saturated rings. The summed E-state index contributed by atoms with van der Waals surface area (Å²) in [5.41, 5.74) is 1.94. The summed E-state index contributed by atoms with van der Waals surface area (Å²) in [6, 6.07) is 4.87. The summed E-state index contributed by atoms with van der Waals surface area (Å²) < 4.78 is 5.50. The molecular weight excluding hydrogens is 258 g/mol. The van der Waals surface area contributed by atoms with E-state index in [1.54, 1.807) is 12.1 Å². The van der Waals surface area contributed by atoms with E-state index in [-0.39, 0.29) is 16.7 Å². The molecule has 0 bridgehead atoms. The molecule has 112 valence electrons. The third-order valence-corrected chi connectivity index (χ3v) is 2.93. The summed E-state index contributed by atoms with van der Waals surface area (Å²) in [4.78, 5) is 12.6. The van der Waals surface area contributed by atoms with E-state index in [0.29, 0.717) is 13.2 Å². The van der Waals surface area contributed by atoms with Gasteiger partial charge in [0.1, 0.15) is 0 Å². The molecule has 6 heteroatoms. The number of nitro benzene ring substituents is 1. The predicted molar refractivity (Wildman–Crippen MR) is 80.1 cm³/mol. The van der Waals surface area contributed by atoms with Crippen LogP contribution in [0.2, 0.25) is 0 Å². The van der Waals surface area contributed by atoms with Gasteiger partial charge in [0.15, 0.2) is 0 Å². The fourth-order valence-electron chi connectivity index (χ4n) is 1.88. The van der Waals surface area contributed by atoms with Crippen LogP contribution in [0.5, 0.6) is 0 Å². The normalized spacial score (nSPS) is 11.1. The van der Waals surface area contributed by atoms with E-state index in [2.05, 4.69) is 10.2 Å². The Morgan fingerprint density at radius 3 is 2.70 bits per heavy atom. The Labute approximate surface area is 119 Å². The average molecular weight is 281 g/mol. The lowest BCUT2D eigenvalue weighted by Crippen LogP contribution is -2.24. The van der Waals surface area contributed by atoms with Crippen LogP contribution in [0.15, 0.2) is 18.2 Å². The maximum Gasteiger partial charge on any atom is 0.269 e. The molecule has 0 aliphatic heterocycles. The molecule has 1 aromatic carbocycles. The first-order valence-corrected chi connectivity index (χ1v) is 6.69. The molecule has 0 saturated heterocycles. The van der Waals surface area contributed by atoms with Gasteiger partial charge in [0.2, 0.25) is 0 Å². The summed E-state index contributed by atoms with van der Waals surface area (Å²) in [6.07, 6.45) is 0.217. The van der Waals surface area contributed by atoms with Crippen LogP contribution in [0.25, 0.3) is 0 Å². The number of hydrogen-bond donors (Lipinski definition) is 1. The lowest BCUT2D eigenvalue weighted by molar-refractivity contribution is -0.384. The van der Waals surface area contributed by atoms with Crippen molar-refractivity contribution in [3.63, 3.8) is 0 Å². The molecule has 0 saturated carbocycles. The van der Waals surface area contributed by atoms with Crippen LogP contribution in [0, 0.1) is 10.1 Å². The summed E-state index contributed by atoms with van der Waals surface area (Å²) >= 11 is 0. The van der Waals surface area contributed by atoms with Gasteiger partial charge in [-0.2, -0.15) is 0 Å². The van der Waals surface area contributed by atoms with Crippen LogP contribution in [0.3, 0.4) is 0 Å². The highest BCUT2D eigenvalue weighted by Gasteiger charge is 2.11. The Hall–Kier alpha value is -1.66. The molecule has 1 N–H and O–H groups in total. The van der Waals surface area contributed by atoms with Crippen LogP contribution in [0.4, 0.5) is 11.4 Å². The van der Waals surface area contributed by atoms with Gasteiger partial charge in [-0.05, 0) is 32.5 Å². The minimum absolute atomic E-state index is 0.117. The van der Waals surface area contributed by atoms with Gasteiger partial charge in [0.25, 0.3) is 5.69 Å². The standard InChI is InChI=1S/C14H23N3O3/c1-11(2)20-8-7-16(4)10-12-9-13(17(18)19)5-6-14(12)15-3/h5-6,9,11,15H,7-8,10H2,1-4H3. The number of benzene rings is 1. The molecule has 0 unspecified atom stereocenters. The predicted octanol–water partition coefficient (Wildman–Crippen LogP) is 2.49. The fourth-order valence-corrected chi connectivity index (χ4v) is 1.88. The topological polar surface area (TPSA) is 67.6 Å². The van der Waals surface area contributed by atoms with Crippen molar-refractivity contribution in [3.8, 4) is 0 Å². The highest BCUT2D eigenvalue weighted by Crippen LogP contribution is 2.22. The molecule has 1 aromatic rings. The molecule has 20 heavy (non-hydrogen) atoms. The van der Waals surface area contributed by atoms with Crippen molar-refractivity contribution in [2.75, 3.05) is 32.6 Å². The van der Waals surface area contributed by atoms with E-state index in [9.17, 15) is 10.1 Å². The second-order valence-electron chi connectivity index (χ2n) is 5.01. The molecule has 0 aliphatic carbocycles. The smallest absolute Gasteiger partial charge is 0.269 e. The molecule has 0 amide bonds. The Kier molecular flexibility index (Phi) is 6.41. The van der Waals surface area contributed by atoms with Crippen molar-refractivity contribution in [2.24, 2.45) is 0 Å². The maximum atomic E-state index is 10.8. The summed E-state index contributed by atoms with van der Waals surface area (Å²) in [5, 5.41) is 13.9. The van der Waals surface area contributed by atoms with E-state index >= 15 is 0 Å². The van der Waals surface area contributed by atoms with E-state index in [4.69, 9.17) is 4.74 Å². The van der Waals surface area contributed by atoms with E-state index < -0.39 is 0 Å². The number of hydrogen-bond acceptors (Lipinski definition) is 5. The number of non-ortho nitro benzene ring substituents is 1. The molecular formula is C14H23N3O3. The SMILES string of the molecule is CNc1ccc([N+](=O)[O-])cc1CN(C)CCOC(C)C. The van der Waals surface area contributed by atoms with Gasteiger partial charge < -0.3 is 10.1 Å². The number of rotatable bonds is 8. The molecule has 1 rings (SSSR count). The lowest BCUT2D eigenvalue weighted by Gasteiger charge is -2.19. The highest BCUT2D eigenvalue weighted by atomic mass is 16.6. The van der Waals surface area contributed by atoms with Crippen molar-refractivity contribution in [1.82, 2.24) is 4.90 Å². The van der Waals surface area contributed by atoms with Crippen LogP contribution >= 0.6 is 0 Å². The zero-order chi connectivity index (χ0) is 15.1. The minimum atomic E-state index is -0.370. The summed E-state index contributed by atoms with van der Waals surface area (Å²) in [5.74, 6) is 0. The van der Waals surface area contributed by atoms with Crippen molar-refractivity contribution >= 4 is 11.4 Å². The Morgan fingerprint density at radius 2 is 2.15 bits per heavy atom. The van der Waals surface area contributed by atoms with Gasteiger partial charge in [-0.15, -0.1) is 0 Å². The zero-order valence-corrected chi connectivity index (χ0v) is 12.5. The number of nitrogens with zero attached hydrogens (tertiary/aromatic N) is 2. The fraction of sp³-hybridized carbons (Fsp3) is 0.571. The van der Waals surface area contributed by atoms with Crippen LogP contribution < -0.4 is 5.32 Å². The van der Waals surface area contributed by atoms with Gasteiger partial charge in [-0.25, -0.2) is 0 Å². The third-order valence-electron chi connectivity index (χ3n) is 2.93. The molecule has 0 atom stereocenters. The van der Waals surface area contributed by atoms with Crippen LogP contribution in [0.1, 0.15) is 19.4 Å². The molecule has 0 aromatic heterocycles. The largest absolute Gasteiger partial charge is 0.388 e. The van der Waals surface area contributed by atoms with Gasteiger partial charge in [0.05, 0.1) is 17.6 Å². The van der Waals surface area contributed by atoms with Crippen molar-refractivity contribution in [1.29, 1.82) is 0 Å². The maximum absolute atomic E-state index is 10.8. The Morgan fingerprint density at radius 1 is 1.45 bits per heavy atom.